The summed E-state index contributed by atoms with van der Waals surface area (Å²) in [4.78, 5) is 14.4. The van der Waals surface area contributed by atoms with Gasteiger partial charge >= 0.3 is 0 Å². The molecule has 3 heteroatoms. The lowest BCUT2D eigenvalue weighted by Gasteiger charge is -2.33. The molecule has 1 saturated heterocycles. The van der Waals surface area contributed by atoms with Gasteiger partial charge < -0.3 is 9.64 Å². The van der Waals surface area contributed by atoms with Gasteiger partial charge in [-0.2, -0.15) is 0 Å². The minimum atomic E-state index is 0.0393. The first-order valence-electron chi connectivity index (χ1n) is 7.77. The SMILES string of the molecule is O=C(CC1CCCC1)N1CCOC(c2ccccc2)C1. The number of hydrogen-bond donors (Lipinski definition) is 0. The topological polar surface area (TPSA) is 29.5 Å². The number of rotatable bonds is 3. The van der Waals surface area contributed by atoms with Crippen LogP contribution in [0.3, 0.4) is 0 Å². The number of hydrogen-bond acceptors (Lipinski definition) is 2. The molecule has 0 N–H and O–H groups in total. The molecular formula is C17H23NO2. The van der Waals surface area contributed by atoms with Gasteiger partial charge in [-0.25, -0.2) is 0 Å². The molecule has 2 fully saturated rings. The third-order valence-corrected chi connectivity index (χ3v) is 4.53. The fourth-order valence-corrected chi connectivity index (χ4v) is 3.34. The summed E-state index contributed by atoms with van der Waals surface area (Å²) >= 11 is 0. The van der Waals surface area contributed by atoms with E-state index in [0.29, 0.717) is 25.0 Å². The van der Waals surface area contributed by atoms with E-state index in [4.69, 9.17) is 4.74 Å². The van der Waals surface area contributed by atoms with Crippen molar-refractivity contribution >= 4 is 5.91 Å². The summed E-state index contributed by atoms with van der Waals surface area (Å²) in [6.45, 7) is 2.10. The molecule has 108 valence electrons. The lowest BCUT2D eigenvalue weighted by molar-refractivity contribution is -0.140. The van der Waals surface area contributed by atoms with Crippen molar-refractivity contribution in [3.8, 4) is 0 Å². The molecule has 3 nitrogen and oxygen atoms in total. The Balaban J connectivity index is 1.58. The molecule has 0 bridgehead atoms. The molecule has 1 unspecified atom stereocenters. The van der Waals surface area contributed by atoms with Gasteiger partial charge in [0.15, 0.2) is 0 Å². The van der Waals surface area contributed by atoms with E-state index < -0.39 is 0 Å². The molecule has 1 aromatic carbocycles. The summed E-state index contributed by atoms with van der Waals surface area (Å²) in [5, 5.41) is 0. The molecule has 20 heavy (non-hydrogen) atoms. The second-order valence-corrected chi connectivity index (χ2v) is 5.96. The van der Waals surface area contributed by atoms with E-state index in [0.717, 1.165) is 13.0 Å². The van der Waals surface area contributed by atoms with Crippen LogP contribution < -0.4 is 0 Å². The maximum absolute atomic E-state index is 12.4. The summed E-state index contributed by atoms with van der Waals surface area (Å²) in [5.74, 6) is 0.946. The molecule has 1 saturated carbocycles. The third-order valence-electron chi connectivity index (χ3n) is 4.53. The van der Waals surface area contributed by atoms with Crippen LogP contribution >= 0.6 is 0 Å². The van der Waals surface area contributed by atoms with Gasteiger partial charge in [0.25, 0.3) is 0 Å². The van der Waals surface area contributed by atoms with Gasteiger partial charge in [-0.05, 0) is 24.3 Å². The molecule has 1 atom stereocenters. The Bertz CT molecular complexity index is 440. The second-order valence-electron chi connectivity index (χ2n) is 5.96. The number of carbonyl (C=O) groups excluding carboxylic acids is 1. The molecule has 1 aromatic rings. The summed E-state index contributed by atoms with van der Waals surface area (Å²) in [7, 11) is 0. The molecule has 0 spiro atoms. The smallest absolute Gasteiger partial charge is 0.223 e. The van der Waals surface area contributed by atoms with E-state index in [2.05, 4.69) is 12.1 Å². The lowest BCUT2D eigenvalue weighted by Crippen LogP contribution is -2.42. The van der Waals surface area contributed by atoms with Crippen LogP contribution in [0, 0.1) is 5.92 Å². The number of benzene rings is 1. The maximum Gasteiger partial charge on any atom is 0.223 e. The van der Waals surface area contributed by atoms with Crippen LogP contribution in [0.15, 0.2) is 30.3 Å². The largest absolute Gasteiger partial charge is 0.370 e. The quantitative estimate of drug-likeness (QED) is 0.846. The van der Waals surface area contributed by atoms with Crippen molar-refractivity contribution in [1.29, 1.82) is 0 Å². The fourth-order valence-electron chi connectivity index (χ4n) is 3.34. The van der Waals surface area contributed by atoms with Gasteiger partial charge in [-0.1, -0.05) is 43.2 Å². The number of carbonyl (C=O) groups is 1. The van der Waals surface area contributed by atoms with E-state index in [1.807, 2.05) is 23.1 Å². The summed E-state index contributed by atoms with van der Waals surface area (Å²) in [5.41, 5.74) is 1.17. The number of nitrogens with zero attached hydrogens (tertiary/aromatic N) is 1. The molecule has 0 aromatic heterocycles. The number of morpholine rings is 1. The fraction of sp³-hybridized carbons (Fsp3) is 0.588. The highest BCUT2D eigenvalue weighted by Gasteiger charge is 2.27. The summed E-state index contributed by atoms with van der Waals surface area (Å²) in [6, 6.07) is 10.2. The minimum Gasteiger partial charge on any atom is -0.370 e. The predicted octanol–water partition coefficient (Wildman–Crippen LogP) is 3.17. The zero-order valence-corrected chi connectivity index (χ0v) is 12.0. The second kappa shape index (κ2) is 6.40. The molecule has 1 aliphatic carbocycles. The van der Waals surface area contributed by atoms with E-state index in [9.17, 15) is 4.79 Å². The lowest BCUT2D eigenvalue weighted by atomic mass is 10.0. The molecule has 0 radical (unpaired) electrons. The number of amides is 1. The van der Waals surface area contributed by atoms with Crippen LogP contribution in [0.5, 0.6) is 0 Å². The van der Waals surface area contributed by atoms with Gasteiger partial charge in [0.05, 0.1) is 13.2 Å². The first kappa shape index (κ1) is 13.6. The van der Waals surface area contributed by atoms with Gasteiger partial charge in [0.2, 0.25) is 5.91 Å². The Hall–Kier alpha value is -1.35. The van der Waals surface area contributed by atoms with Crippen molar-refractivity contribution in [2.45, 2.75) is 38.2 Å². The molecule has 1 amide bonds. The van der Waals surface area contributed by atoms with Gasteiger partial charge in [-0.3, -0.25) is 4.79 Å². The average molecular weight is 273 g/mol. The van der Waals surface area contributed by atoms with Crippen LogP contribution in [0.4, 0.5) is 0 Å². The Morgan fingerprint density at radius 2 is 1.95 bits per heavy atom. The van der Waals surface area contributed by atoms with Gasteiger partial charge in [-0.15, -0.1) is 0 Å². The van der Waals surface area contributed by atoms with E-state index in [-0.39, 0.29) is 6.10 Å². The van der Waals surface area contributed by atoms with Crippen molar-refractivity contribution in [2.24, 2.45) is 5.92 Å². The zero-order chi connectivity index (χ0) is 13.8. The maximum atomic E-state index is 12.4. The Labute approximate surface area is 120 Å². The molecule has 1 aliphatic heterocycles. The summed E-state index contributed by atoms with van der Waals surface area (Å²) in [6.07, 6.45) is 5.84. The van der Waals surface area contributed by atoms with Crippen molar-refractivity contribution in [1.82, 2.24) is 4.90 Å². The summed E-state index contributed by atoms with van der Waals surface area (Å²) < 4.78 is 5.82. The van der Waals surface area contributed by atoms with E-state index in [1.165, 1.54) is 31.2 Å². The first-order chi connectivity index (χ1) is 9.83. The predicted molar refractivity (Wildman–Crippen MR) is 78.3 cm³/mol. The van der Waals surface area contributed by atoms with Crippen molar-refractivity contribution in [2.75, 3.05) is 19.7 Å². The Morgan fingerprint density at radius 3 is 2.70 bits per heavy atom. The van der Waals surface area contributed by atoms with E-state index >= 15 is 0 Å². The normalized spacial score (nSPS) is 24.0. The monoisotopic (exact) mass is 273 g/mol. The molecule has 1 heterocycles. The van der Waals surface area contributed by atoms with Crippen LogP contribution in [0.25, 0.3) is 0 Å². The van der Waals surface area contributed by atoms with Crippen molar-refractivity contribution < 1.29 is 9.53 Å². The Kier molecular flexibility index (Phi) is 4.36. The van der Waals surface area contributed by atoms with E-state index in [1.54, 1.807) is 0 Å². The van der Waals surface area contributed by atoms with Crippen LogP contribution in [-0.2, 0) is 9.53 Å². The van der Waals surface area contributed by atoms with Crippen molar-refractivity contribution in [3.05, 3.63) is 35.9 Å². The molecule has 3 rings (SSSR count). The molecule has 2 aliphatic rings. The highest BCUT2D eigenvalue weighted by molar-refractivity contribution is 5.76. The highest BCUT2D eigenvalue weighted by Crippen LogP contribution is 2.29. The van der Waals surface area contributed by atoms with Crippen molar-refractivity contribution in [3.63, 3.8) is 0 Å². The molecular weight excluding hydrogens is 250 g/mol. The minimum absolute atomic E-state index is 0.0393. The first-order valence-corrected chi connectivity index (χ1v) is 7.77. The van der Waals surface area contributed by atoms with Gasteiger partial charge in [0.1, 0.15) is 6.10 Å². The zero-order valence-electron chi connectivity index (χ0n) is 12.0. The van der Waals surface area contributed by atoms with Crippen LogP contribution in [0.2, 0.25) is 0 Å². The van der Waals surface area contributed by atoms with Crippen LogP contribution in [0.1, 0.15) is 43.8 Å². The van der Waals surface area contributed by atoms with Crippen LogP contribution in [-0.4, -0.2) is 30.5 Å². The Morgan fingerprint density at radius 1 is 1.20 bits per heavy atom. The standard InChI is InChI=1S/C17H23NO2/c19-17(12-14-6-4-5-7-14)18-10-11-20-16(13-18)15-8-2-1-3-9-15/h1-3,8-9,14,16H,4-7,10-13H2. The highest BCUT2D eigenvalue weighted by atomic mass is 16.5. The third kappa shape index (κ3) is 3.21. The average Bonchev–Trinajstić information content (AvgIpc) is 3.01. The van der Waals surface area contributed by atoms with Gasteiger partial charge in [0, 0.05) is 13.0 Å². The number of ether oxygens (including phenoxy) is 1.